The molecule has 104 valence electrons. The van der Waals surface area contributed by atoms with Gasteiger partial charge in [-0.05, 0) is 61.8 Å². The SMILES string of the molecule is Cc1cc(C(=O)OC2CCC(C)C(C)C2)ccc1N. The predicted molar refractivity (Wildman–Crippen MR) is 77.0 cm³/mol. The molecule has 1 aliphatic carbocycles. The van der Waals surface area contributed by atoms with Gasteiger partial charge >= 0.3 is 5.97 Å². The smallest absolute Gasteiger partial charge is 0.338 e. The van der Waals surface area contributed by atoms with Crippen LogP contribution in [0.3, 0.4) is 0 Å². The highest BCUT2D eigenvalue weighted by Gasteiger charge is 2.27. The maximum atomic E-state index is 12.1. The zero-order chi connectivity index (χ0) is 14.0. The lowest BCUT2D eigenvalue weighted by Crippen LogP contribution is -2.28. The Hall–Kier alpha value is -1.51. The summed E-state index contributed by atoms with van der Waals surface area (Å²) in [5.41, 5.74) is 7.97. The van der Waals surface area contributed by atoms with Crippen molar-refractivity contribution < 1.29 is 9.53 Å². The first-order valence-corrected chi connectivity index (χ1v) is 7.04. The first-order valence-electron chi connectivity index (χ1n) is 7.04. The van der Waals surface area contributed by atoms with Gasteiger partial charge in [0.1, 0.15) is 6.10 Å². The van der Waals surface area contributed by atoms with Crippen LogP contribution in [0, 0.1) is 18.8 Å². The second-order valence-corrected chi connectivity index (χ2v) is 5.87. The van der Waals surface area contributed by atoms with Gasteiger partial charge in [0.25, 0.3) is 0 Å². The van der Waals surface area contributed by atoms with Crippen molar-refractivity contribution in [3.05, 3.63) is 29.3 Å². The standard InChI is InChI=1S/C16H23NO2/c1-10-4-6-14(9-11(10)2)19-16(18)13-5-7-15(17)12(3)8-13/h5,7-8,10-11,14H,4,6,9,17H2,1-3H3. The largest absolute Gasteiger partial charge is 0.459 e. The molecule has 0 bridgehead atoms. The maximum Gasteiger partial charge on any atom is 0.338 e. The van der Waals surface area contributed by atoms with E-state index in [4.69, 9.17) is 10.5 Å². The number of carbonyl (C=O) groups is 1. The van der Waals surface area contributed by atoms with Crippen LogP contribution in [-0.2, 0) is 4.74 Å². The molecule has 3 atom stereocenters. The minimum absolute atomic E-state index is 0.0663. The van der Waals surface area contributed by atoms with Crippen LogP contribution in [0.4, 0.5) is 5.69 Å². The van der Waals surface area contributed by atoms with E-state index in [1.807, 2.05) is 6.92 Å². The summed E-state index contributed by atoms with van der Waals surface area (Å²) >= 11 is 0. The fourth-order valence-electron chi connectivity index (χ4n) is 2.63. The van der Waals surface area contributed by atoms with Crippen LogP contribution in [0.1, 0.15) is 49.0 Å². The number of benzene rings is 1. The molecule has 19 heavy (non-hydrogen) atoms. The number of nitrogens with two attached hydrogens (primary N) is 1. The van der Waals surface area contributed by atoms with Crippen LogP contribution in [0.2, 0.25) is 0 Å². The fourth-order valence-corrected chi connectivity index (χ4v) is 2.63. The number of rotatable bonds is 2. The number of hydrogen-bond acceptors (Lipinski definition) is 3. The third kappa shape index (κ3) is 3.28. The Balaban J connectivity index is 1.99. The number of nitrogen functional groups attached to an aromatic ring is 1. The van der Waals surface area contributed by atoms with Crippen molar-refractivity contribution >= 4 is 11.7 Å². The van der Waals surface area contributed by atoms with Crippen molar-refractivity contribution in [3.8, 4) is 0 Å². The van der Waals surface area contributed by atoms with Crippen molar-refractivity contribution in [3.63, 3.8) is 0 Å². The summed E-state index contributed by atoms with van der Waals surface area (Å²) in [7, 11) is 0. The minimum Gasteiger partial charge on any atom is -0.459 e. The molecule has 1 fully saturated rings. The highest BCUT2D eigenvalue weighted by atomic mass is 16.5. The summed E-state index contributed by atoms with van der Waals surface area (Å²) < 4.78 is 5.61. The van der Waals surface area contributed by atoms with E-state index < -0.39 is 0 Å². The molecule has 2 rings (SSSR count). The van der Waals surface area contributed by atoms with Gasteiger partial charge in [-0.1, -0.05) is 13.8 Å². The third-order valence-corrected chi connectivity index (χ3v) is 4.33. The summed E-state index contributed by atoms with van der Waals surface area (Å²) in [6, 6.07) is 5.30. The molecular weight excluding hydrogens is 238 g/mol. The average molecular weight is 261 g/mol. The zero-order valence-electron chi connectivity index (χ0n) is 12.0. The molecule has 1 saturated carbocycles. The van der Waals surface area contributed by atoms with Gasteiger partial charge < -0.3 is 10.5 Å². The van der Waals surface area contributed by atoms with Gasteiger partial charge in [-0.3, -0.25) is 0 Å². The molecule has 0 aromatic heterocycles. The Morgan fingerprint density at radius 3 is 2.63 bits per heavy atom. The Kier molecular flexibility index (Phi) is 4.13. The molecular formula is C16H23NO2. The number of esters is 1. The van der Waals surface area contributed by atoms with Crippen molar-refractivity contribution in [2.24, 2.45) is 11.8 Å². The lowest BCUT2D eigenvalue weighted by molar-refractivity contribution is 0.00878. The third-order valence-electron chi connectivity index (χ3n) is 4.33. The van der Waals surface area contributed by atoms with E-state index in [1.54, 1.807) is 18.2 Å². The Morgan fingerprint density at radius 1 is 1.26 bits per heavy atom. The molecule has 0 spiro atoms. The lowest BCUT2D eigenvalue weighted by Gasteiger charge is -2.31. The first kappa shape index (κ1) is 13.9. The van der Waals surface area contributed by atoms with Gasteiger partial charge in [0.05, 0.1) is 5.56 Å². The van der Waals surface area contributed by atoms with E-state index in [-0.39, 0.29) is 12.1 Å². The topological polar surface area (TPSA) is 52.3 Å². The summed E-state index contributed by atoms with van der Waals surface area (Å²) in [4.78, 5) is 12.1. The van der Waals surface area contributed by atoms with Crippen LogP contribution in [0.5, 0.6) is 0 Å². The number of carbonyl (C=O) groups excluding carboxylic acids is 1. The molecule has 0 heterocycles. The van der Waals surface area contributed by atoms with Crippen molar-refractivity contribution in [1.82, 2.24) is 0 Å². The van der Waals surface area contributed by atoms with E-state index in [9.17, 15) is 4.79 Å². The van der Waals surface area contributed by atoms with Gasteiger partial charge in [-0.2, -0.15) is 0 Å². The molecule has 1 aliphatic rings. The highest BCUT2D eigenvalue weighted by molar-refractivity contribution is 5.90. The molecule has 0 radical (unpaired) electrons. The van der Waals surface area contributed by atoms with Gasteiger partial charge in [-0.25, -0.2) is 4.79 Å². The van der Waals surface area contributed by atoms with Gasteiger partial charge in [0, 0.05) is 5.69 Å². The van der Waals surface area contributed by atoms with E-state index in [0.717, 1.165) is 30.7 Å². The molecule has 0 amide bonds. The van der Waals surface area contributed by atoms with Crippen LogP contribution in [0.25, 0.3) is 0 Å². The normalized spacial score (nSPS) is 27.0. The minimum atomic E-state index is -0.227. The summed E-state index contributed by atoms with van der Waals surface area (Å²) in [5.74, 6) is 1.13. The molecule has 0 saturated heterocycles. The molecule has 3 heteroatoms. The van der Waals surface area contributed by atoms with E-state index in [0.29, 0.717) is 17.2 Å². The molecule has 3 unspecified atom stereocenters. The molecule has 1 aromatic carbocycles. The Labute approximate surface area is 115 Å². The van der Waals surface area contributed by atoms with E-state index in [1.165, 1.54) is 0 Å². The quantitative estimate of drug-likeness (QED) is 0.654. The molecule has 3 nitrogen and oxygen atoms in total. The van der Waals surface area contributed by atoms with Gasteiger partial charge in [0.15, 0.2) is 0 Å². The van der Waals surface area contributed by atoms with Crippen LogP contribution in [-0.4, -0.2) is 12.1 Å². The van der Waals surface area contributed by atoms with Gasteiger partial charge in [-0.15, -0.1) is 0 Å². The average Bonchev–Trinajstić information content (AvgIpc) is 2.37. The zero-order valence-corrected chi connectivity index (χ0v) is 12.0. The summed E-state index contributed by atoms with van der Waals surface area (Å²) in [5, 5.41) is 0. The van der Waals surface area contributed by atoms with Crippen molar-refractivity contribution in [1.29, 1.82) is 0 Å². The van der Waals surface area contributed by atoms with Crippen LogP contribution in [0.15, 0.2) is 18.2 Å². The Bertz CT molecular complexity index is 470. The predicted octanol–water partition coefficient (Wildman–Crippen LogP) is 3.56. The van der Waals surface area contributed by atoms with E-state index in [2.05, 4.69) is 13.8 Å². The highest BCUT2D eigenvalue weighted by Crippen LogP contribution is 2.31. The second kappa shape index (κ2) is 5.64. The van der Waals surface area contributed by atoms with Crippen LogP contribution < -0.4 is 5.73 Å². The van der Waals surface area contributed by atoms with Crippen molar-refractivity contribution in [2.45, 2.75) is 46.1 Å². The molecule has 1 aromatic rings. The van der Waals surface area contributed by atoms with E-state index >= 15 is 0 Å². The van der Waals surface area contributed by atoms with Gasteiger partial charge in [0.2, 0.25) is 0 Å². The first-order chi connectivity index (χ1) is 8.97. The summed E-state index contributed by atoms with van der Waals surface area (Å²) in [6.45, 7) is 6.40. The number of anilines is 1. The second-order valence-electron chi connectivity index (χ2n) is 5.87. The number of hydrogen-bond donors (Lipinski definition) is 1. The monoisotopic (exact) mass is 261 g/mol. The number of aryl methyl sites for hydroxylation is 1. The lowest BCUT2D eigenvalue weighted by atomic mass is 9.80. The molecule has 0 aliphatic heterocycles. The van der Waals surface area contributed by atoms with Crippen molar-refractivity contribution in [2.75, 3.05) is 5.73 Å². The summed E-state index contributed by atoms with van der Waals surface area (Å²) in [6.07, 6.45) is 3.16. The maximum absolute atomic E-state index is 12.1. The van der Waals surface area contributed by atoms with Crippen LogP contribution >= 0.6 is 0 Å². The number of ether oxygens (including phenoxy) is 1. The molecule has 2 N–H and O–H groups in total. The fraction of sp³-hybridized carbons (Fsp3) is 0.562. The Morgan fingerprint density at radius 2 is 2.00 bits per heavy atom.